The molecular formula is C38H60N6O7S2. The van der Waals surface area contributed by atoms with Gasteiger partial charge in [0.25, 0.3) is 15.9 Å². The Morgan fingerprint density at radius 2 is 1.66 bits per heavy atom. The van der Waals surface area contributed by atoms with Crippen molar-refractivity contribution in [1.82, 2.24) is 30.5 Å². The highest BCUT2D eigenvalue weighted by atomic mass is 32.2. The summed E-state index contributed by atoms with van der Waals surface area (Å²) in [5, 5.41) is 13.2. The summed E-state index contributed by atoms with van der Waals surface area (Å²) in [4.78, 5) is 70.3. The van der Waals surface area contributed by atoms with Crippen LogP contribution in [0.3, 0.4) is 0 Å². The van der Waals surface area contributed by atoms with Crippen LogP contribution < -0.4 is 21.3 Å². The minimum absolute atomic E-state index is 0.0150. The normalized spacial score (nSPS) is 27.6. The molecule has 15 heteroatoms. The molecule has 2 aliphatic carbocycles. The van der Waals surface area contributed by atoms with Crippen molar-refractivity contribution in [3.63, 3.8) is 0 Å². The first kappa shape index (κ1) is 41.1. The highest BCUT2D eigenvalue weighted by Gasteiger charge is 2.69. The Morgan fingerprint density at radius 3 is 2.26 bits per heavy atom. The summed E-state index contributed by atoms with van der Waals surface area (Å²) in [6.07, 6.45) is 8.82. The Bertz CT molecular complexity index is 1600. The fourth-order valence-electron chi connectivity index (χ4n) is 8.00. The number of sulfonamides is 1. The first-order chi connectivity index (χ1) is 24.9. The standard InChI is InChI=1S/C38H60N6O7S2/c1-37(2,3)28(23-43(6)53(50,51)29-17-14-20-52-29)42-36(49)41-27-16-13-11-9-7-8-10-12-15-26(32(45)34(47)39-21-24-18-19-24)40-33(46)31-30-25(38(30,4)5)22-44(31)35(27)48/h14,17,20,24-28,30-31H,7-13,15-16,18-19,21-23H2,1-6H3,(H,39,47)(H,40,46)(H2,41,42,49)/t25-,26+,27+,28-,30-,31+/m1/s1. The molecule has 3 heterocycles. The molecule has 1 aromatic heterocycles. The Kier molecular flexibility index (Phi) is 13.0. The number of ketones is 1. The van der Waals surface area contributed by atoms with Gasteiger partial charge < -0.3 is 26.2 Å². The molecule has 2 saturated carbocycles. The number of nitrogens with one attached hydrogen (secondary N) is 4. The predicted octanol–water partition coefficient (Wildman–Crippen LogP) is 4.04. The van der Waals surface area contributed by atoms with Gasteiger partial charge in [-0.3, -0.25) is 19.2 Å². The zero-order valence-corrected chi connectivity index (χ0v) is 33.9. The van der Waals surface area contributed by atoms with Gasteiger partial charge in [0, 0.05) is 32.7 Å². The maximum absolute atomic E-state index is 14.5. The molecule has 2 aliphatic heterocycles. The van der Waals surface area contributed by atoms with E-state index in [1.165, 1.54) is 11.4 Å². The lowest BCUT2D eigenvalue weighted by Crippen LogP contribution is -2.60. The zero-order chi connectivity index (χ0) is 38.7. The number of carbonyl (C=O) groups is 5. The highest BCUT2D eigenvalue weighted by Crippen LogP contribution is 2.65. The Labute approximate surface area is 319 Å². The van der Waals surface area contributed by atoms with E-state index in [2.05, 4.69) is 35.1 Å². The van der Waals surface area contributed by atoms with Gasteiger partial charge in [-0.15, -0.1) is 11.3 Å². The number of piperidine rings is 1. The van der Waals surface area contributed by atoms with Crippen molar-refractivity contribution in [2.75, 3.05) is 26.7 Å². The third-order valence-corrected chi connectivity index (χ3v) is 15.1. The van der Waals surface area contributed by atoms with Gasteiger partial charge in [0.2, 0.25) is 17.6 Å². The van der Waals surface area contributed by atoms with Crippen molar-refractivity contribution in [1.29, 1.82) is 0 Å². The average Bonchev–Trinajstić information content (AvgIpc) is 3.79. The van der Waals surface area contributed by atoms with Crippen LogP contribution in [0.4, 0.5) is 4.79 Å². The number of urea groups is 1. The van der Waals surface area contributed by atoms with Crippen molar-refractivity contribution in [2.45, 2.75) is 134 Å². The molecule has 53 heavy (non-hydrogen) atoms. The van der Waals surface area contributed by atoms with Crippen molar-refractivity contribution < 1.29 is 32.4 Å². The van der Waals surface area contributed by atoms with E-state index in [0.717, 1.165) is 56.3 Å². The van der Waals surface area contributed by atoms with Crippen LogP contribution in [0.15, 0.2) is 21.7 Å². The summed E-state index contributed by atoms with van der Waals surface area (Å²) < 4.78 is 27.9. The zero-order valence-electron chi connectivity index (χ0n) is 32.2. The first-order valence-electron chi connectivity index (χ1n) is 19.4. The number of nitrogens with zero attached hydrogens (tertiary/aromatic N) is 2. The minimum atomic E-state index is -3.76. The van der Waals surface area contributed by atoms with E-state index in [1.807, 2.05) is 20.8 Å². The average molecular weight is 777 g/mol. The molecule has 0 aromatic carbocycles. The fraction of sp³-hybridized carbons (Fsp3) is 0.763. The number of carbonyl (C=O) groups excluding carboxylic acids is 5. The quantitative estimate of drug-likeness (QED) is 0.260. The van der Waals surface area contributed by atoms with Crippen LogP contribution in [-0.4, -0.2) is 98.0 Å². The van der Waals surface area contributed by atoms with Gasteiger partial charge in [0.15, 0.2) is 0 Å². The molecule has 4 aliphatic rings. The molecular weight excluding hydrogens is 717 g/mol. The van der Waals surface area contributed by atoms with Crippen LogP contribution in [0.2, 0.25) is 0 Å². The van der Waals surface area contributed by atoms with E-state index >= 15 is 0 Å². The fourth-order valence-corrected chi connectivity index (χ4v) is 10.4. The summed E-state index contributed by atoms with van der Waals surface area (Å²) in [7, 11) is -2.27. The smallest absolute Gasteiger partial charge is 0.315 e. The van der Waals surface area contributed by atoms with Crippen molar-refractivity contribution in [2.24, 2.45) is 28.6 Å². The highest BCUT2D eigenvalue weighted by molar-refractivity contribution is 7.91. The van der Waals surface area contributed by atoms with E-state index in [9.17, 15) is 32.4 Å². The molecule has 0 spiro atoms. The third-order valence-electron chi connectivity index (χ3n) is 11.9. The van der Waals surface area contributed by atoms with Crippen molar-refractivity contribution in [3.05, 3.63) is 17.5 Å². The number of fused-ring (bicyclic) bond motifs is 3. The van der Waals surface area contributed by atoms with E-state index < -0.39 is 63.2 Å². The Hall–Kier alpha value is -3.04. The van der Waals surface area contributed by atoms with E-state index in [4.69, 9.17) is 0 Å². The molecule has 6 atom stereocenters. The van der Waals surface area contributed by atoms with Crippen LogP contribution in [-0.2, 0) is 29.2 Å². The van der Waals surface area contributed by atoms with Crippen molar-refractivity contribution >= 4 is 50.9 Å². The number of likely N-dealkylation sites (N-methyl/N-ethyl adjacent to an activating group) is 1. The minimum Gasteiger partial charge on any atom is -0.349 e. The van der Waals surface area contributed by atoms with Gasteiger partial charge in [-0.05, 0) is 65.7 Å². The molecule has 296 valence electrons. The van der Waals surface area contributed by atoms with Crippen LogP contribution in [0.1, 0.15) is 105 Å². The molecule has 2 saturated heterocycles. The monoisotopic (exact) mass is 776 g/mol. The maximum atomic E-state index is 14.5. The second-order valence-corrected chi connectivity index (χ2v) is 20.5. The largest absolute Gasteiger partial charge is 0.349 e. The number of hydrogen-bond donors (Lipinski definition) is 4. The predicted molar refractivity (Wildman–Crippen MR) is 203 cm³/mol. The third kappa shape index (κ3) is 9.99. The molecule has 5 amide bonds. The maximum Gasteiger partial charge on any atom is 0.315 e. The topological polar surface area (TPSA) is 174 Å². The Morgan fingerprint density at radius 1 is 1.02 bits per heavy atom. The van der Waals surface area contributed by atoms with E-state index in [1.54, 1.807) is 22.4 Å². The van der Waals surface area contributed by atoms with Gasteiger partial charge in [0.1, 0.15) is 16.3 Å². The number of hydrogen-bond acceptors (Lipinski definition) is 8. The van der Waals surface area contributed by atoms with Gasteiger partial charge in [0.05, 0.1) is 6.04 Å². The number of rotatable bonds is 10. The summed E-state index contributed by atoms with van der Waals surface area (Å²) in [6, 6.07) is -0.706. The van der Waals surface area contributed by atoms with Gasteiger partial charge in [-0.25, -0.2) is 13.2 Å². The molecule has 4 fully saturated rings. The van der Waals surface area contributed by atoms with Crippen LogP contribution in [0.25, 0.3) is 0 Å². The molecule has 0 unspecified atom stereocenters. The van der Waals surface area contributed by atoms with Gasteiger partial charge in [-0.1, -0.05) is 85.6 Å². The van der Waals surface area contributed by atoms with Crippen molar-refractivity contribution in [3.8, 4) is 0 Å². The van der Waals surface area contributed by atoms with E-state index in [0.29, 0.717) is 44.7 Å². The van der Waals surface area contributed by atoms with Crippen LogP contribution in [0.5, 0.6) is 0 Å². The molecule has 1 aromatic rings. The lowest BCUT2D eigenvalue weighted by Gasteiger charge is -2.36. The Balaban J connectivity index is 1.33. The molecule has 5 rings (SSSR count). The summed E-state index contributed by atoms with van der Waals surface area (Å²) in [6.45, 7) is 10.7. The number of amides is 5. The first-order valence-corrected chi connectivity index (χ1v) is 21.7. The second-order valence-electron chi connectivity index (χ2n) is 17.3. The summed E-state index contributed by atoms with van der Waals surface area (Å²) in [5.41, 5.74) is -0.717. The summed E-state index contributed by atoms with van der Waals surface area (Å²) >= 11 is 1.13. The molecule has 4 N–H and O–H groups in total. The van der Waals surface area contributed by atoms with Gasteiger partial charge >= 0.3 is 6.03 Å². The number of Topliss-reactive ketones (excluding diaryl/α,β-unsaturated/α-hetero) is 1. The second kappa shape index (κ2) is 16.8. The lowest BCUT2D eigenvalue weighted by molar-refractivity contribution is -0.144. The van der Waals surface area contributed by atoms with Crippen LogP contribution in [0, 0.1) is 28.6 Å². The van der Waals surface area contributed by atoms with Crippen LogP contribution >= 0.6 is 11.3 Å². The summed E-state index contributed by atoms with van der Waals surface area (Å²) in [5.74, 6) is -1.76. The van der Waals surface area contributed by atoms with Gasteiger partial charge in [-0.2, -0.15) is 4.31 Å². The SMILES string of the molecule is CN(C[C@@H](NC(=O)N[C@H]1CCCCCCCCC[C@@H](C(=O)C(=O)NCC2CC2)NC(=O)[C@@H]2[C@H]3[C@@H](CN2C1=O)C3(C)C)C(C)(C)C)S(=O)(=O)c1cccs1. The molecule has 0 bridgehead atoms. The number of thiophene rings is 1. The molecule has 0 radical (unpaired) electrons. The van der Waals surface area contributed by atoms with E-state index in [-0.39, 0.29) is 33.9 Å². The lowest BCUT2D eigenvalue weighted by atomic mass is 9.86. The molecule has 13 nitrogen and oxygen atoms in total.